The van der Waals surface area contributed by atoms with Gasteiger partial charge in [0.25, 0.3) is 5.91 Å². The zero-order chi connectivity index (χ0) is 16.6. The minimum absolute atomic E-state index is 0. The molecule has 6 nitrogen and oxygen atoms in total. The van der Waals surface area contributed by atoms with Gasteiger partial charge in [-0.05, 0) is 50.1 Å². The first-order valence-corrected chi connectivity index (χ1v) is 10.4. The van der Waals surface area contributed by atoms with Crippen LogP contribution in [0.25, 0.3) is 0 Å². The van der Waals surface area contributed by atoms with Crippen LogP contribution in [0.2, 0.25) is 0 Å². The van der Waals surface area contributed by atoms with Crippen molar-refractivity contribution < 1.29 is 13.2 Å². The van der Waals surface area contributed by atoms with Crippen LogP contribution < -0.4 is 5.73 Å². The number of halogens is 1. The minimum Gasteiger partial charge on any atom is -0.335 e. The molecule has 2 fully saturated rings. The number of carbonyl (C=O) groups is 1. The second-order valence-corrected chi connectivity index (χ2v) is 9.19. The average molecular weight is 394 g/mol. The van der Waals surface area contributed by atoms with Crippen molar-refractivity contribution in [2.24, 2.45) is 11.7 Å². The molecule has 0 bridgehead atoms. The van der Waals surface area contributed by atoms with Crippen LogP contribution in [-0.2, 0) is 10.0 Å². The van der Waals surface area contributed by atoms with Crippen molar-refractivity contribution in [3.63, 3.8) is 0 Å². The smallest absolute Gasteiger partial charge is 0.265 e. The molecule has 0 aromatic carbocycles. The van der Waals surface area contributed by atoms with Crippen molar-refractivity contribution in [1.29, 1.82) is 0 Å². The molecule has 24 heavy (non-hydrogen) atoms. The first-order chi connectivity index (χ1) is 10.9. The number of likely N-dealkylation sites (tertiary alicyclic amines) is 1. The van der Waals surface area contributed by atoms with Gasteiger partial charge in [-0.2, -0.15) is 4.31 Å². The molecular formula is C15H24ClN3O3S2. The van der Waals surface area contributed by atoms with Crippen LogP contribution in [0, 0.1) is 5.92 Å². The van der Waals surface area contributed by atoms with E-state index in [4.69, 9.17) is 5.73 Å². The van der Waals surface area contributed by atoms with E-state index in [1.807, 2.05) is 6.92 Å². The Labute approximate surface area is 153 Å². The van der Waals surface area contributed by atoms with Gasteiger partial charge in [0.2, 0.25) is 10.0 Å². The number of hydrogen-bond acceptors (Lipinski definition) is 5. The highest BCUT2D eigenvalue weighted by atomic mass is 35.5. The third-order valence-corrected chi connectivity index (χ3v) is 7.73. The topological polar surface area (TPSA) is 83.7 Å². The van der Waals surface area contributed by atoms with Gasteiger partial charge in [-0.3, -0.25) is 4.79 Å². The molecule has 2 unspecified atom stereocenters. The number of nitrogens with two attached hydrogens (primary N) is 1. The van der Waals surface area contributed by atoms with Crippen molar-refractivity contribution in [2.75, 3.05) is 26.2 Å². The zero-order valence-electron chi connectivity index (χ0n) is 13.7. The van der Waals surface area contributed by atoms with Crippen LogP contribution in [0.1, 0.15) is 35.9 Å². The van der Waals surface area contributed by atoms with Crippen molar-refractivity contribution in [2.45, 2.75) is 37.1 Å². The Balaban J connectivity index is 0.00000208. The van der Waals surface area contributed by atoms with E-state index < -0.39 is 10.0 Å². The number of sulfonamides is 1. The number of carbonyl (C=O) groups excluding carboxylic acids is 1. The van der Waals surface area contributed by atoms with Crippen LogP contribution in [0.5, 0.6) is 0 Å². The normalized spacial score (nSPS) is 25.0. The Kier molecular flexibility index (Phi) is 6.30. The molecule has 0 saturated carbocycles. The van der Waals surface area contributed by atoms with E-state index >= 15 is 0 Å². The molecule has 2 N–H and O–H groups in total. The maximum atomic E-state index is 12.9. The van der Waals surface area contributed by atoms with Gasteiger partial charge in [-0.15, -0.1) is 23.7 Å². The van der Waals surface area contributed by atoms with Crippen LogP contribution in [0.15, 0.2) is 16.3 Å². The first-order valence-electron chi connectivity index (χ1n) is 8.04. The van der Waals surface area contributed by atoms with E-state index in [0.29, 0.717) is 37.0 Å². The average Bonchev–Trinajstić information content (AvgIpc) is 3.26. The fourth-order valence-electron chi connectivity index (χ4n) is 3.45. The summed E-state index contributed by atoms with van der Waals surface area (Å²) in [6.45, 7) is 4.24. The molecule has 2 atom stereocenters. The molecule has 0 aliphatic carbocycles. The minimum atomic E-state index is -3.57. The summed E-state index contributed by atoms with van der Waals surface area (Å²) in [5.74, 6) is 0.119. The van der Waals surface area contributed by atoms with Gasteiger partial charge in [-0.1, -0.05) is 0 Å². The molecule has 0 radical (unpaired) electrons. The summed E-state index contributed by atoms with van der Waals surface area (Å²) in [5, 5.41) is 1.69. The van der Waals surface area contributed by atoms with Crippen LogP contribution in [-0.4, -0.2) is 55.8 Å². The Morgan fingerprint density at radius 3 is 2.62 bits per heavy atom. The molecule has 2 saturated heterocycles. The summed E-state index contributed by atoms with van der Waals surface area (Å²) >= 11 is 1.21. The van der Waals surface area contributed by atoms with Gasteiger partial charge in [0, 0.05) is 25.7 Å². The Bertz CT molecular complexity index is 686. The van der Waals surface area contributed by atoms with Crippen LogP contribution >= 0.6 is 23.7 Å². The lowest BCUT2D eigenvalue weighted by molar-refractivity contribution is 0.0744. The van der Waals surface area contributed by atoms with Gasteiger partial charge < -0.3 is 10.6 Å². The zero-order valence-corrected chi connectivity index (χ0v) is 16.1. The predicted molar refractivity (Wildman–Crippen MR) is 97.2 cm³/mol. The largest absolute Gasteiger partial charge is 0.335 e. The van der Waals surface area contributed by atoms with E-state index in [1.165, 1.54) is 15.6 Å². The number of thiophene rings is 1. The third kappa shape index (κ3) is 3.48. The lowest BCUT2D eigenvalue weighted by Gasteiger charge is -2.22. The second-order valence-electron chi connectivity index (χ2n) is 6.37. The van der Waals surface area contributed by atoms with Crippen molar-refractivity contribution >= 4 is 39.7 Å². The highest BCUT2D eigenvalue weighted by molar-refractivity contribution is 7.89. The van der Waals surface area contributed by atoms with Gasteiger partial charge >= 0.3 is 0 Å². The number of rotatable bonds is 4. The second kappa shape index (κ2) is 7.70. The number of nitrogens with zero attached hydrogens (tertiary/aromatic N) is 2. The molecule has 1 aromatic rings. The van der Waals surface area contributed by atoms with Gasteiger partial charge in [-0.25, -0.2) is 8.42 Å². The highest BCUT2D eigenvalue weighted by Crippen LogP contribution is 2.31. The van der Waals surface area contributed by atoms with Gasteiger partial charge in [0.05, 0.1) is 0 Å². The maximum Gasteiger partial charge on any atom is 0.265 e. The lowest BCUT2D eigenvalue weighted by atomic mass is 10.1. The van der Waals surface area contributed by atoms with E-state index in [1.54, 1.807) is 16.3 Å². The highest BCUT2D eigenvalue weighted by Gasteiger charge is 2.37. The fraction of sp³-hybridized carbons (Fsp3) is 0.667. The Morgan fingerprint density at radius 1 is 1.38 bits per heavy atom. The molecular weight excluding hydrogens is 370 g/mol. The maximum absolute atomic E-state index is 12.9. The number of amides is 1. The summed E-state index contributed by atoms with van der Waals surface area (Å²) in [7, 11) is -3.57. The molecule has 9 heteroatoms. The van der Waals surface area contributed by atoms with E-state index in [-0.39, 0.29) is 29.3 Å². The van der Waals surface area contributed by atoms with Crippen molar-refractivity contribution in [1.82, 2.24) is 9.21 Å². The summed E-state index contributed by atoms with van der Waals surface area (Å²) in [6, 6.07) is 1.66. The van der Waals surface area contributed by atoms with Crippen LogP contribution in [0.3, 0.4) is 0 Å². The lowest BCUT2D eigenvalue weighted by Crippen LogP contribution is -2.35. The molecule has 136 valence electrons. The summed E-state index contributed by atoms with van der Waals surface area (Å²) in [6.07, 6.45) is 2.64. The Hall–Kier alpha value is -0.670. The summed E-state index contributed by atoms with van der Waals surface area (Å²) in [4.78, 5) is 15.1. The van der Waals surface area contributed by atoms with E-state index in [9.17, 15) is 13.2 Å². The molecule has 1 aromatic heterocycles. The molecule has 0 spiro atoms. The summed E-state index contributed by atoms with van der Waals surface area (Å²) < 4.78 is 27.0. The van der Waals surface area contributed by atoms with Gasteiger partial charge in [0.1, 0.15) is 9.77 Å². The molecule has 3 rings (SSSR count). The monoisotopic (exact) mass is 393 g/mol. The number of hydrogen-bond donors (Lipinski definition) is 1. The molecule has 2 aliphatic rings. The van der Waals surface area contributed by atoms with Gasteiger partial charge in [0.15, 0.2) is 0 Å². The SMILES string of the molecule is CC1CC(CN)CN1C(=O)c1sccc1S(=O)(=O)N1CCCC1.Cl. The summed E-state index contributed by atoms with van der Waals surface area (Å²) in [5.41, 5.74) is 5.72. The third-order valence-electron chi connectivity index (χ3n) is 4.76. The fourth-order valence-corrected chi connectivity index (χ4v) is 6.32. The Morgan fingerprint density at radius 2 is 2.04 bits per heavy atom. The quantitative estimate of drug-likeness (QED) is 0.844. The van der Waals surface area contributed by atoms with E-state index in [2.05, 4.69) is 0 Å². The molecule has 2 aliphatic heterocycles. The standard InChI is InChI=1S/C15H23N3O3S2.ClH/c1-11-8-12(9-16)10-18(11)15(19)14-13(4-7-22-14)23(20,21)17-5-2-3-6-17;/h4,7,11-12H,2-3,5-6,8-10,16H2,1H3;1H. The van der Waals surface area contributed by atoms with Crippen molar-refractivity contribution in [3.05, 3.63) is 16.3 Å². The molecule has 1 amide bonds. The van der Waals surface area contributed by atoms with Crippen LogP contribution in [0.4, 0.5) is 0 Å². The van der Waals surface area contributed by atoms with E-state index in [0.717, 1.165) is 19.3 Å². The first kappa shape index (κ1) is 19.7. The predicted octanol–water partition coefficient (Wildman–Crippen LogP) is 1.76. The van der Waals surface area contributed by atoms with Crippen molar-refractivity contribution in [3.8, 4) is 0 Å². The molecule has 3 heterocycles.